The number of rotatable bonds is 3. The first-order valence-corrected chi connectivity index (χ1v) is 7.00. The fourth-order valence-corrected chi connectivity index (χ4v) is 2.94. The van der Waals surface area contributed by atoms with E-state index in [0.29, 0.717) is 13.1 Å². The quantitative estimate of drug-likeness (QED) is 0.789. The standard InChI is InChI=1S/C15H19N3O2/c1-10(16)15(6-7-15)11-2-4-12(5-3-11)18-9-8-17-13(19)14(18)20/h2-5,10H,6-9,16H2,1H3,(H,17,19). The highest BCUT2D eigenvalue weighted by molar-refractivity contribution is 6.41. The summed E-state index contributed by atoms with van der Waals surface area (Å²) in [7, 11) is 0. The van der Waals surface area contributed by atoms with E-state index in [4.69, 9.17) is 5.73 Å². The Morgan fingerprint density at radius 3 is 2.45 bits per heavy atom. The minimum absolute atomic E-state index is 0.113. The average molecular weight is 273 g/mol. The molecule has 20 heavy (non-hydrogen) atoms. The number of amides is 2. The maximum absolute atomic E-state index is 11.8. The van der Waals surface area contributed by atoms with Crippen molar-refractivity contribution in [1.29, 1.82) is 0 Å². The first-order valence-electron chi connectivity index (χ1n) is 7.00. The van der Waals surface area contributed by atoms with Gasteiger partial charge in [0, 0.05) is 30.2 Å². The van der Waals surface area contributed by atoms with E-state index in [1.54, 1.807) is 0 Å². The van der Waals surface area contributed by atoms with Crippen molar-refractivity contribution in [3.63, 3.8) is 0 Å². The number of hydrogen-bond acceptors (Lipinski definition) is 3. The Kier molecular flexibility index (Phi) is 3.01. The van der Waals surface area contributed by atoms with Gasteiger partial charge >= 0.3 is 11.8 Å². The summed E-state index contributed by atoms with van der Waals surface area (Å²) in [6.45, 7) is 3.05. The van der Waals surface area contributed by atoms with Gasteiger partial charge in [0.05, 0.1) is 0 Å². The topological polar surface area (TPSA) is 75.4 Å². The predicted molar refractivity (Wildman–Crippen MR) is 76.4 cm³/mol. The third-order valence-corrected chi connectivity index (χ3v) is 4.47. The van der Waals surface area contributed by atoms with Crippen LogP contribution in [-0.2, 0) is 15.0 Å². The summed E-state index contributed by atoms with van der Waals surface area (Å²) < 4.78 is 0. The van der Waals surface area contributed by atoms with Crippen molar-refractivity contribution < 1.29 is 9.59 Å². The van der Waals surface area contributed by atoms with E-state index in [0.717, 1.165) is 18.5 Å². The maximum Gasteiger partial charge on any atom is 0.316 e. The molecule has 0 spiro atoms. The van der Waals surface area contributed by atoms with Crippen molar-refractivity contribution >= 4 is 17.5 Å². The molecule has 5 heteroatoms. The number of nitrogens with two attached hydrogens (primary N) is 1. The van der Waals surface area contributed by atoms with Gasteiger partial charge in [0.1, 0.15) is 0 Å². The van der Waals surface area contributed by atoms with Crippen molar-refractivity contribution in [3.05, 3.63) is 29.8 Å². The Morgan fingerprint density at radius 2 is 1.90 bits per heavy atom. The minimum atomic E-state index is -0.533. The molecular formula is C15H19N3O2. The van der Waals surface area contributed by atoms with Gasteiger partial charge in [-0.05, 0) is 37.5 Å². The van der Waals surface area contributed by atoms with Gasteiger partial charge in [-0.3, -0.25) is 9.59 Å². The SMILES string of the molecule is CC(N)C1(c2ccc(N3CCNC(=O)C3=O)cc2)CC1. The number of hydrogen-bond donors (Lipinski definition) is 2. The second kappa shape index (κ2) is 4.59. The van der Waals surface area contributed by atoms with Gasteiger partial charge in [-0.2, -0.15) is 0 Å². The number of benzene rings is 1. The van der Waals surface area contributed by atoms with Crippen LogP contribution in [-0.4, -0.2) is 30.9 Å². The van der Waals surface area contributed by atoms with Gasteiger partial charge in [-0.1, -0.05) is 12.1 Å². The Morgan fingerprint density at radius 1 is 1.25 bits per heavy atom. The normalized spacial score (nSPS) is 22.4. The number of piperazine rings is 1. The fraction of sp³-hybridized carbons (Fsp3) is 0.467. The summed E-state index contributed by atoms with van der Waals surface area (Å²) in [6.07, 6.45) is 2.24. The number of nitrogens with one attached hydrogen (secondary N) is 1. The molecule has 1 aromatic rings. The summed E-state index contributed by atoms with van der Waals surface area (Å²) >= 11 is 0. The zero-order chi connectivity index (χ0) is 14.3. The largest absolute Gasteiger partial charge is 0.346 e. The number of carbonyl (C=O) groups is 2. The summed E-state index contributed by atoms with van der Waals surface area (Å²) in [5.74, 6) is -1.02. The lowest BCUT2D eigenvalue weighted by molar-refractivity contribution is -0.138. The molecule has 0 aromatic heterocycles. The zero-order valence-corrected chi connectivity index (χ0v) is 11.6. The molecule has 0 radical (unpaired) electrons. The number of anilines is 1. The van der Waals surface area contributed by atoms with Gasteiger partial charge < -0.3 is 16.0 Å². The molecule has 0 bridgehead atoms. The van der Waals surface area contributed by atoms with E-state index < -0.39 is 11.8 Å². The smallest absolute Gasteiger partial charge is 0.316 e. The zero-order valence-electron chi connectivity index (χ0n) is 11.6. The minimum Gasteiger partial charge on any atom is -0.346 e. The second-order valence-corrected chi connectivity index (χ2v) is 5.70. The van der Waals surface area contributed by atoms with Crippen molar-refractivity contribution in [2.24, 2.45) is 5.73 Å². The molecule has 1 saturated carbocycles. The Labute approximate surface area is 118 Å². The van der Waals surface area contributed by atoms with Crippen LogP contribution in [0.25, 0.3) is 0 Å². The molecular weight excluding hydrogens is 254 g/mol. The molecule has 2 fully saturated rings. The van der Waals surface area contributed by atoms with Crippen LogP contribution < -0.4 is 16.0 Å². The monoisotopic (exact) mass is 273 g/mol. The highest BCUT2D eigenvalue weighted by Crippen LogP contribution is 2.50. The molecule has 2 aliphatic rings. The highest BCUT2D eigenvalue weighted by atomic mass is 16.2. The van der Waals surface area contributed by atoms with Crippen LogP contribution in [0, 0.1) is 0 Å². The second-order valence-electron chi connectivity index (χ2n) is 5.70. The van der Waals surface area contributed by atoms with Crippen LogP contribution >= 0.6 is 0 Å². The van der Waals surface area contributed by atoms with Crippen molar-refractivity contribution in [2.45, 2.75) is 31.2 Å². The van der Waals surface area contributed by atoms with Gasteiger partial charge in [0.25, 0.3) is 0 Å². The molecule has 3 rings (SSSR count). The third-order valence-electron chi connectivity index (χ3n) is 4.47. The Bertz CT molecular complexity index is 547. The lowest BCUT2D eigenvalue weighted by atomic mass is 9.89. The molecule has 1 aliphatic carbocycles. The van der Waals surface area contributed by atoms with E-state index in [2.05, 4.69) is 5.32 Å². The van der Waals surface area contributed by atoms with Gasteiger partial charge in [-0.25, -0.2) is 0 Å². The van der Waals surface area contributed by atoms with Crippen molar-refractivity contribution in [3.8, 4) is 0 Å². The number of nitrogens with zero attached hydrogens (tertiary/aromatic N) is 1. The molecule has 1 atom stereocenters. The van der Waals surface area contributed by atoms with E-state index in [9.17, 15) is 9.59 Å². The van der Waals surface area contributed by atoms with Gasteiger partial charge in [-0.15, -0.1) is 0 Å². The molecule has 106 valence electrons. The van der Waals surface area contributed by atoms with E-state index in [-0.39, 0.29) is 11.5 Å². The van der Waals surface area contributed by atoms with Crippen molar-refractivity contribution in [1.82, 2.24) is 5.32 Å². The van der Waals surface area contributed by atoms with Gasteiger partial charge in [0.2, 0.25) is 0 Å². The molecule has 1 heterocycles. The first kappa shape index (κ1) is 13.1. The lowest BCUT2D eigenvalue weighted by Crippen LogP contribution is -2.52. The fourth-order valence-electron chi connectivity index (χ4n) is 2.94. The first-order chi connectivity index (χ1) is 9.54. The van der Waals surface area contributed by atoms with Crippen LogP contribution in [0.1, 0.15) is 25.3 Å². The Hall–Kier alpha value is -1.88. The molecule has 1 aromatic carbocycles. The van der Waals surface area contributed by atoms with Gasteiger partial charge in [0.15, 0.2) is 0 Å². The summed E-state index contributed by atoms with van der Waals surface area (Å²) in [5.41, 5.74) is 8.18. The maximum atomic E-state index is 11.8. The van der Waals surface area contributed by atoms with Crippen LogP contribution in [0.4, 0.5) is 5.69 Å². The molecule has 5 nitrogen and oxygen atoms in total. The van der Waals surface area contributed by atoms with Crippen molar-refractivity contribution in [2.75, 3.05) is 18.0 Å². The molecule has 1 saturated heterocycles. The molecule has 3 N–H and O–H groups in total. The van der Waals surface area contributed by atoms with Crippen LogP contribution in [0.2, 0.25) is 0 Å². The number of carbonyl (C=O) groups excluding carboxylic acids is 2. The summed E-state index contributed by atoms with van der Waals surface area (Å²) in [6, 6.07) is 8.02. The van der Waals surface area contributed by atoms with E-state index in [1.165, 1.54) is 10.5 Å². The van der Waals surface area contributed by atoms with E-state index >= 15 is 0 Å². The molecule has 1 unspecified atom stereocenters. The van der Waals surface area contributed by atoms with Crippen LogP contribution in [0.3, 0.4) is 0 Å². The van der Waals surface area contributed by atoms with E-state index in [1.807, 2.05) is 31.2 Å². The molecule has 2 amide bonds. The molecule has 1 aliphatic heterocycles. The van der Waals surface area contributed by atoms with Crippen LogP contribution in [0.5, 0.6) is 0 Å². The summed E-state index contributed by atoms with van der Waals surface area (Å²) in [4.78, 5) is 24.7. The van der Waals surface area contributed by atoms with Crippen LogP contribution in [0.15, 0.2) is 24.3 Å². The lowest BCUT2D eigenvalue weighted by Gasteiger charge is -2.27. The highest BCUT2D eigenvalue weighted by Gasteiger charge is 2.47. The Balaban J connectivity index is 1.83. The summed E-state index contributed by atoms with van der Waals surface area (Å²) in [5, 5.41) is 2.55. The average Bonchev–Trinajstić information content (AvgIpc) is 3.24. The predicted octanol–water partition coefficient (Wildman–Crippen LogP) is 0.528. The third kappa shape index (κ3) is 1.98.